The van der Waals surface area contributed by atoms with Crippen LogP contribution in [-0.4, -0.2) is 38.2 Å². The van der Waals surface area contributed by atoms with Crippen molar-refractivity contribution in [3.05, 3.63) is 0 Å². The number of amides is 1. The van der Waals surface area contributed by atoms with Crippen LogP contribution in [0.5, 0.6) is 0 Å². The fourth-order valence-corrected chi connectivity index (χ4v) is 0.848. The highest BCUT2D eigenvalue weighted by Gasteiger charge is 2.24. The zero-order chi connectivity index (χ0) is 10.5. The van der Waals surface area contributed by atoms with E-state index in [0.717, 1.165) is 7.11 Å². The molecular weight excluding hydrogens is 174 g/mol. The minimum atomic E-state index is -0.899. The summed E-state index contributed by atoms with van der Waals surface area (Å²) >= 11 is 0. The zero-order valence-corrected chi connectivity index (χ0v) is 8.34. The summed E-state index contributed by atoms with van der Waals surface area (Å²) in [6.07, 6.45) is 0. The molecule has 76 valence electrons. The van der Waals surface area contributed by atoms with E-state index in [1.165, 1.54) is 7.11 Å². The Labute approximate surface area is 77.4 Å². The molecule has 5 heteroatoms. The Morgan fingerprint density at radius 2 is 1.85 bits per heavy atom. The molecule has 0 aliphatic rings. The van der Waals surface area contributed by atoms with E-state index in [1.807, 2.05) is 0 Å². The minimum absolute atomic E-state index is 0.329. The van der Waals surface area contributed by atoms with E-state index < -0.39 is 17.4 Å². The molecule has 5 nitrogen and oxygen atoms in total. The predicted octanol–water partition coefficient (Wildman–Crippen LogP) is -0.299. The molecule has 13 heavy (non-hydrogen) atoms. The summed E-state index contributed by atoms with van der Waals surface area (Å²) in [5.74, 6) is -1.66. The molecule has 0 bridgehead atoms. The third-order valence-corrected chi connectivity index (χ3v) is 1.33. The molecule has 0 aliphatic heterocycles. The maximum Gasteiger partial charge on any atom is 0.396 e. The average molecular weight is 189 g/mol. The lowest BCUT2D eigenvalue weighted by molar-refractivity contribution is -0.153. The number of ether oxygens (including phenoxy) is 2. The van der Waals surface area contributed by atoms with Gasteiger partial charge in [-0.05, 0) is 13.8 Å². The van der Waals surface area contributed by atoms with E-state index in [9.17, 15) is 9.59 Å². The van der Waals surface area contributed by atoms with E-state index in [-0.39, 0.29) is 0 Å². The molecule has 0 heterocycles. The first-order valence-electron chi connectivity index (χ1n) is 3.82. The Kier molecular flexibility index (Phi) is 4.40. The number of hydrogen-bond donors (Lipinski definition) is 1. The molecule has 0 aromatic carbocycles. The molecule has 0 saturated heterocycles. The van der Waals surface area contributed by atoms with E-state index in [4.69, 9.17) is 4.74 Å². The highest BCUT2D eigenvalue weighted by atomic mass is 16.5. The van der Waals surface area contributed by atoms with Crippen LogP contribution in [0, 0.1) is 0 Å². The maximum atomic E-state index is 11.0. The Morgan fingerprint density at radius 1 is 1.31 bits per heavy atom. The van der Waals surface area contributed by atoms with Gasteiger partial charge in [0, 0.05) is 7.11 Å². The first-order chi connectivity index (χ1) is 5.93. The van der Waals surface area contributed by atoms with Crippen LogP contribution < -0.4 is 5.32 Å². The van der Waals surface area contributed by atoms with Gasteiger partial charge in [0.2, 0.25) is 0 Å². The summed E-state index contributed by atoms with van der Waals surface area (Å²) < 4.78 is 9.10. The van der Waals surface area contributed by atoms with E-state index in [0.29, 0.717) is 6.61 Å². The molecule has 0 rings (SSSR count). The summed E-state index contributed by atoms with van der Waals surface area (Å²) in [5.41, 5.74) is -0.569. The lowest BCUT2D eigenvalue weighted by atomic mass is 10.1. The molecule has 0 radical (unpaired) electrons. The molecule has 0 saturated carbocycles. The Bertz CT molecular complexity index is 200. The van der Waals surface area contributed by atoms with Crippen molar-refractivity contribution in [2.24, 2.45) is 0 Å². The Hall–Kier alpha value is -1.10. The Balaban J connectivity index is 4.11. The van der Waals surface area contributed by atoms with Gasteiger partial charge < -0.3 is 14.8 Å². The van der Waals surface area contributed by atoms with Crippen molar-refractivity contribution < 1.29 is 19.1 Å². The second kappa shape index (κ2) is 4.81. The first-order valence-corrected chi connectivity index (χ1v) is 3.82. The smallest absolute Gasteiger partial charge is 0.396 e. The van der Waals surface area contributed by atoms with Gasteiger partial charge in [-0.1, -0.05) is 0 Å². The average Bonchev–Trinajstić information content (AvgIpc) is 2.01. The van der Waals surface area contributed by atoms with Crippen LogP contribution in [0.1, 0.15) is 13.8 Å². The quantitative estimate of drug-likeness (QED) is 0.489. The second-order valence-corrected chi connectivity index (χ2v) is 3.26. The summed E-state index contributed by atoms with van der Waals surface area (Å²) in [6, 6.07) is 0. The van der Waals surface area contributed by atoms with Gasteiger partial charge in [-0.3, -0.25) is 4.79 Å². The number of nitrogens with one attached hydrogen (secondary N) is 1. The molecule has 0 spiro atoms. The summed E-state index contributed by atoms with van der Waals surface area (Å²) in [4.78, 5) is 21.7. The van der Waals surface area contributed by atoms with E-state index >= 15 is 0 Å². The monoisotopic (exact) mass is 189 g/mol. The van der Waals surface area contributed by atoms with Gasteiger partial charge in [0.25, 0.3) is 0 Å². The highest BCUT2D eigenvalue weighted by molar-refractivity contribution is 6.32. The molecule has 0 unspecified atom stereocenters. The van der Waals surface area contributed by atoms with Crippen molar-refractivity contribution in [3.63, 3.8) is 0 Å². The largest absolute Gasteiger partial charge is 0.462 e. The molecule has 0 aliphatic carbocycles. The second-order valence-electron chi connectivity index (χ2n) is 3.26. The van der Waals surface area contributed by atoms with Crippen LogP contribution in [0.2, 0.25) is 0 Å². The Morgan fingerprint density at radius 3 is 2.23 bits per heavy atom. The number of carbonyl (C=O) groups is 2. The third-order valence-electron chi connectivity index (χ3n) is 1.33. The van der Waals surface area contributed by atoms with Crippen molar-refractivity contribution in [2.75, 3.05) is 20.8 Å². The summed E-state index contributed by atoms with van der Waals surface area (Å²) in [7, 11) is 2.68. The molecule has 0 aromatic rings. The highest BCUT2D eigenvalue weighted by Crippen LogP contribution is 2.01. The van der Waals surface area contributed by atoms with Gasteiger partial charge in [0.05, 0.1) is 19.3 Å². The van der Waals surface area contributed by atoms with Crippen LogP contribution in [-0.2, 0) is 19.1 Å². The van der Waals surface area contributed by atoms with Gasteiger partial charge in [0.1, 0.15) is 0 Å². The van der Waals surface area contributed by atoms with E-state index in [1.54, 1.807) is 13.8 Å². The van der Waals surface area contributed by atoms with E-state index in [2.05, 4.69) is 10.1 Å². The number of carbonyl (C=O) groups excluding carboxylic acids is 2. The van der Waals surface area contributed by atoms with Crippen molar-refractivity contribution in [1.82, 2.24) is 5.32 Å². The van der Waals surface area contributed by atoms with Crippen molar-refractivity contribution in [2.45, 2.75) is 19.4 Å². The molecule has 1 N–H and O–H groups in total. The molecule has 0 aromatic heterocycles. The number of rotatable bonds is 3. The van der Waals surface area contributed by atoms with Crippen LogP contribution in [0.3, 0.4) is 0 Å². The number of esters is 1. The molecular formula is C8H15NO4. The predicted molar refractivity (Wildman–Crippen MR) is 46.1 cm³/mol. The van der Waals surface area contributed by atoms with Crippen molar-refractivity contribution >= 4 is 11.9 Å². The van der Waals surface area contributed by atoms with Crippen LogP contribution in [0.15, 0.2) is 0 Å². The fraction of sp³-hybridized carbons (Fsp3) is 0.750. The number of methoxy groups -OCH3 is 2. The fourth-order valence-electron chi connectivity index (χ4n) is 0.848. The van der Waals surface area contributed by atoms with Gasteiger partial charge in [-0.2, -0.15) is 0 Å². The lowest BCUT2D eigenvalue weighted by Crippen LogP contribution is -2.49. The molecule has 0 fully saturated rings. The van der Waals surface area contributed by atoms with Crippen molar-refractivity contribution in [1.29, 1.82) is 0 Å². The minimum Gasteiger partial charge on any atom is -0.462 e. The SMILES string of the molecule is COCC(C)(C)NC(=O)C(=O)OC. The molecule has 1 amide bonds. The standard InChI is InChI=1S/C8H15NO4/c1-8(2,5-12-3)9-6(10)7(11)13-4/h5H2,1-4H3,(H,9,10). The maximum absolute atomic E-state index is 11.0. The topological polar surface area (TPSA) is 64.6 Å². The van der Waals surface area contributed by atoms with Gasteiger partial charge >= 0.3 is 11.9 Å². The van der Waals surface area contributed by atoms with Crippen LogP contribution in [0.25, 0.3) is 0 Å². The summed E-state index contributed by atoms with van der Waals surface area (Å²) in [5, 5.41) is 2.47. The molecule has 0 atom stereocenters. The zero-order valence-electron chi connectivity index (χ0n) is 8.34. The summed E-state index contributed by atoms with van der Waals surface area (Å²) in [6.45, 7) is 3.82. The van der Waals surface area contributed by atoms with Gasteiger partial charge in [0.15, 0.2) is 0 Å². The van der Waals surface area contributed by atoms with Gasteiger partial charge in [-0.25, -0.2) is 4.79 Å². The third kappa shape index (κ3) is 4.47. The van der Waals surface area contributed by atoms with Gasteiger partial charge in [-0.15, -0.1) is 0 Å². The lowest BCUT2D eigenvalue weighted by Gasteiger charge is -2.24. The van der Waals surface area contributed by atoms with Crippen LogP contribution in [0.4, 0.5) is 0 Å². The van der Waals surface area contributed by atoms with Crippen LogP contribution >= 0.6 is 0 Å². The van der Waals surface area contributed by atoms with Crippen molar-refractivity contribution in [3.8, 4) is 0 Å². The normalized spacial score (nSPS) is 10.8. The number of hydrogen-bond acceptors (Lipinski definition) is 4. The first kappa shape index (κ1) is 11.9.